The zero-order valence-electron chi connectivity index (χ0n) is 7.20. The third-order valence-corrected chi connectivity index (χ3v) is 1.26. The molecule has 0 aliphatic carbocycles. The topological polar surface area (TPSA) is 67.9 Å². The van der Waals surface area contributed by atoms with E-state index in [1.165, 1.54) is 0 Å². The van der Waals surface area contributed by atoms with Crippen molar-refractivity contribution >= 4 is 0 Å². The van der Waals surface area contributed by atoms with Crippen LogP contribution in [0.15, 0.2) is 35.6 Å². The predicted octanol–water partition coefficient (Wildman–Crippen LogP) is 0.633. The number of aromatic nitrogens is 3. The van der Waals surface area contributed by atoms with Crippen molar-refractivity contribution in [2.24, 2.45) is 0 Å². The summed E-state index contributed by atoms with van der Waals surface area (Å²) < 4.78 is 5.06. The van der Waals surface area contributed by atoms with E-state index in [2.05, 4.69) is 28.1 Å². The Morgan fingerprint density at radius 1 is 1.54 bits per heavy atom. The molecule has 0 saturated carbocycles. The van der Waals surface area contributed by atoms with E-state index >= 15 is 0 Å². The molecule has 1 N–H and O–H groups in total. The summed E-state index contributed by atoms with van der Waals surface area (Å²) in [6, 6.07) is 0.0630. The van der Waals surface area contributed by atoms with Gasteiger partial charge < -0.3 is 4.74 Å². The summed E-state index contributed by atoms with van der Waals surface area (Å²) in [5.74, 6) is 0.356. The van der Waals surface area contributed by atoms with Gasteiger partial charge in [-0.15, -0.1) is 0 Å². The number of aromatic amines is 1. The number of nitrogens with one attached hydrogen (secondary N) is 1. The summed E-state index contributed by atoms with van der Waals surface area (Å²) in [6.07, 6.45) is 1.11. The van der Waals surface area contributed by atoms with Gasteiger partial charge in [0.2, 0.25) is 0 Å². The molecule has 0 aliphatic heterocycles. The minimum Gasteiger partial charge on any atom is -0.426 e. The van der Waals surface area contributed by atoms with Crippen LogP contribution in [0.1, 0.15) is 6.92 Å². The number of hydrogen-bond acceptors (Lipinski definition) is 4. The van der Waals surface area contributed by atoms with Crippen molar-refractivity contribution in [3.8, 4) is 6.01 Å². The lowest BCUT2D eigenvalue weighted by atomic mass is 10.3. The van der Waals surface area contributed by atoms with E-state index in [1.54, 1.807) is 6.92 Å². The molecular formula is C8H9N3O2. The molecule has 5 nitrogen and oxygen atoms in total. The molecule has 0 aromatic carbocycles. The highest BCUT2D eigenvalue weighted by Crippen LogP contribution is 2.07. The number of ether oxygens (including phenoxy) is 1. The molecule has 0 atom stereocenters. The minimum atomic E-state index is -0.514. The molecule has 0 spiro atoms. The highest BCUT2D eigenvalue weighted by molar-refractivity contribution is 5.19. The molecule has 0 amide bonds. The van der Waals surface area contributed by atoms with Gasteiger partial charge in [0.15, 0.2) is 0 Å². The molecule has 0 bridgehead atoms. The average molecular weight is 179 g/mol. The van der Waals surface area contributed by atoms with Crippen molar-refractivity contribution < 1.29 is 4.74 Å². The van der Waals surface area contributed by atoms with Crippen LogP contribution in [0.25, 0.3) is 0 Å². The normalized spacial score (nSPS) is 9.31. The van der Waals surface area contributed by atoms with Gasteiger partial charge in [-0.25, -0.2) is 4.79 Å². The van der Waals surface area contributed by atoms with Gasteiger partial charge in [0.1, 0.15) is 12.1 Å². The Morgan fingerprint density at radius 2 is 2.23 bits per heavy atom. The van der Waals surface area contributed by atoms with Gasteiger partial charge in [0, 0.05) is 0 Å². The predicted molar refractivity (Wildman–Crippen MR) is 47.2 cm³/mol. The molecule has 68 valence electrons. The van der Waals surface area contributed by atoms with Crippen LogP contribution in [0.4, 0.5) is 0 Å². The molecule has 1 aromatic heterocycles. The van der Waals surface area contributed by atoms with Crippen LogP contribution in [0.2, 0.25) is 0 Å². The highest BCUT2D eigenvalue weighted by Gasteiger charge is 2.00. The number of nitrogens with zero attached hydrogens (tertiary/aromatic N) is 2. The Hall–Kier alpha value is -1.91. The first kappa shape index (κ1) is 9.18. The van der Waals surface area contributed by atoms with Crippen LogP contribution in [-0.4, -0.2) is 15.0 Å². The van der Waals surface area contributed by atoms with Gasteiger partial charge in [0.05, 0.1) is 0 Å². The Balaban J connectivity index is 2.81. The molecule has 0 unspecified atom stereocenters. The van der Waals surface area contributed by atoms with E-state index in [0.717, 1.165) is 6.33 Å². The van der Waals surface area contributed by atoms with Crippen LogP contribution < -0.4 is 10.4 Å². The van der Waals surface area contributed by atoms with E-state index in [-0.39, 0.29) is 6.01 Å². The van der Waals surface area contributed by atoms with E-state index in [1.807, 2.05) is 0 Å². The van der Waals surface area contributed by atoms with E-state index in [9.17, 15) is 4.79 Å². The lowest BCUT2D eigenvalue weighted by Crippen LogP contribution is -2.12. The molecule has 1 heterocycles. The molecule has 0 saturated heterocycles. The maximum atomic E-state index is 10.7. The second-order valence-electron chi connectivity index (χ2n) is 2.41. The summed E-state index contributed by atoms with van der Waals surface area (Å²) in [5.41, 5.74) is 0.152. The van der Waals surface area contributed by atoms with Crippen LogP contribution in [-0.2, 0) is 0 Å². The van der Waals surface area contributed by atoms with E-state index < -0.39 is 5.69 Å². The average Bonchev–Trinajstić information content (AvgIpc) is 2.04. The first-order valence-corrected chi connectivity index (χ1v) is 3.53. The van der Waals surface area contributed by atoms with Crippen molar-refractivity contribution in [2.45, 2.75) is 6.92 Å². The van der Waals surface area contributed by atoms with Gasteiger partial charge in [-0.1, -0.05) is 13.2 Å². The minimum absolute atomic E-state index is 0.0630. The molecule has 13 heavy (non-hydrogen) atoms. The smallest absolute Gasteiger partial charge is 0.350 e. The molecule has 0 aliphatic rings. The lowest BCUT2D eigenvalue weighted by molar-refractivity contribution is 0.399. The Labute approximate surface area is 74.8 Å². The van der Waals surface area contributed by atoms with Crippen molar-refractivity contribution in [1.82, 2.24) is 15.0 Å². The number of rotatable bonds is 3. The summed E-state index contributed by atoms with van der Waals surface area (Å²) in [6.45, 7) is 8.93. The quantitative estimate of drug-likeness (QED) is 0.546. The fourth-order valence-corrected chi connectivity index (χ4v) is 0.545. The monoisotopic (exact) mass is 179 g/mol. The Morgan fingerprint density at radius 3 is 2.77 bits per heavy atom. The van der Waals surface area contributed by atoms with E-state index in [0.29, 0.717) is 11.3 Å². The maximum Gasteiger partial charge on any atom is 0.350 e. The third kappa shape index (κ3) is 2.55. The Kier molecular flexibility index (Phi) is 2.59. The fourth-order valence-electron chi connectivity index (χ4n) is 0.545. The van der Waals surface area contributed by atoms with Crippen LogP contribution in [0.3, 0.4) is 0 Å². The van der Waals surface area contributed by atoms with Crippen molar-refractivity contribution in [3.63, 3.8) is 0 Å². The molecular weight excluding hydrogens is 170 g/mol. The van der Waals surface area contributed by atoms with Gasteiger partial charge in [0.25, 0.3) is 0 Å². The van der Waals surface area contributed by atoms with Gasteiger partial charge in [-0.2, -0.15) is 9.97 Å². The highest BCUT2D eigenvalue weighted by atomic mass is 16.5. The first-order chi connectivity index (χ1) is 6.09. The summed E-state index contributed by atoms with van der Waals surface area (Å²) in [5, 5.41) is 0. The fraction of sp³-hybridized carbons (Fsp3) is 0.125. The first-order valence-electron chi connectivity index (χ1n) is 3.53. The van der Waals surface area contributed by atoms with Crippen LogP contribution in [0, 0.1) is 0 Å². The van der Waals surface area contributed by atoms with Crippen LogP contribution >= 0.6 is 0 Å². The maximum absolute atomic E-state index is 10.7. The second kappa shape index (κ2) is 3.66. The Bertz CT molecular complexity index is 394. The summed E-state index contributed by atoms with van der Waals surface area (Å²) in [4.78, 5) is 20.0. The van der Waals surface area contributed by atoms with E-state index in [4.69, 9.17) is 4.74 Å². The molecule has 0 radical (unpaired) electrons. The SMILES string of the molecule is C=C(C)C(=C)Oc1ncnc(=O)[nH]1. The summed E-state index contributed by atoms with van der Waals surface area (Å²) >= 11 is 0. The van der Waals surface area contributed by atoms with Crippen molar-refractivity contribution in [1.29, 1.82) is 0 Å². The number of hydrogen-bond donors (Lipinski definition) is 1. The standard InChI is InChI=1S/C8H9N3O2/c1-5(2)6(3)13-8-10-4-9-7(12)11-8/h4H,1,3H2,2H3,(H,9,10,11,12). The third-order valence-electron chi connectivity index (χ3n) is 1.26. The van der Waals surface area contributed by atoms with Crippen molar-refractivity contribution in [2.75, 3.05) is 0 Å². The zero-order valence-corrected chi connectivity index (χ0v) is 7.20. The number of H-pyrrole nitrogens is 1. The van der Waals surface area contributed by atoms with Gasteiger partial charge >= 0.3 is 11.7 Å². The molecule has 1 rings (SSSR count). The second-order valence-corrected chi connectivity index (χ2v) is 2.41. The molecule has 5 heteroatoms. The molecule has 0 fully saturated rings. The van der Waals surface area contributed by atoms with Gasteiger partial charge in [-0.05, 0) is 12.5 Å². The largest absolute Gasteiger partial charge is 0.426 e. The summed E-state index contributed by atoms with van der Waals surface area (Å²) in [7, 11) is 0. The zero-order chi connectivity index (χ0) is 9.84. The van der Waals surface area contributed by atoms with Crippen molar-refractivity contribution in [3.05, 3.63) is 41.3 Å². The molecule has 1 aromatic rings. The van der Waals surface area contributed by atoms with Gasteiger partial charge in [-0.3, -0.25) is 4.98 Å². The lowest BCUT2D eigenvalue weighted by Gasteiger charge is -2.04. The number of allylic oxidation sites excluding steroid dienone is 1. The van der Waals surface area contributed by atoms with Crippen LogP contribution in [0.5, 0.6) is 6.01 Å².